The van der Waals surface area contributed by atoms with Gasteiger partial charge in [0.05, 0.1) is 7.11 Å². The van der Waals surface area contributed by atoms with Crippen molar-refractivity contribution in [3.8, 4) is 5.75 Å². The normalized spacial score (nSPS) is 11.6. The third-order valence-corrected chi connectivity index (χ3v) is 5.05. The highest BCUT2D eigenvalue weighted by molar-refractivity contribution is 5.88. The summed E-state index contributed by atoms with van der Waals surface area (Å²) >= 11 is 0. The summed E-state index contributed by atoms with van der Waals surface area (Å²) in [6.45, 7) is 5.10. The topological polar surface area (TPSA) is 58.6 Å². The average Bonchev–Trinajstić information content (AvgIpc) is 2.77. The third-order valence-electron chi connectivity index (χ3n) is 5.05. The minimum absolute atomic E-state index is 0.0223. The fraction of sp³-hybridized carbons (Fsp3) is 0.440. The quantitative estimate of drug-likeness (QED) is 0.508. The van der Waals surface area contributed by atoms with Crippen LogP contribution in [0.4, 0.5) is 0 Å². The Hall–Kier alpha value is -2.82. The number of methoxy groups -OCH3 is 1. The van der Waals surface area contributed by atoms with Gasteiger partial charge >= 0.3 is 0 Å². The van der Waals surface area contributed by atoms with E-state index in [0.717, 1.165) is 42.6 Å². The number of amides is 2. The maximum absolute atomic E-state index is 13.2. The molecule has 0 aliphatic heterocycles. The number of unbranched alkanes of at least 4 members (excludes halogenated alkanes) is 2. The molecule has 1 atom stereocenters. The number of hydrogen-bond donors (Lipinski definition) is 1. The molecule has 30 heavy (non-hydrogen) atoms. The van der Waals surface area contributed by atoms with E-state index in [1.807, 2.05) is 61.5 Å². The Morgan fingerprint density at radius 2 is 1.67 bits per heavy atom. The molecular formula is C25H34N2O3. The molecule has 0 aliphatic rings. The van der Waals surface area contributed by atoms with Crippen LogP contribution < -0.4 is 10.1 Å². The zero-order chi connectivity index (χ0) is 21.8. The molecule has 162 valence electrons. The number of carbonyl (C=O) groups is 2. The second-order valence-corrected chi connectivity index (χ2v) is 7.43. The first-order valence-corrected chi connectivity index (χ1v) is 10.9. The van der Waals surface area contributed by atoms with Gasteiger partial charge in [-0.25, -0.2) is 0 Å². The minimum Gasteiger partial charge on any atom is -0.497 e. The van der Waals surface area contributed by atoms with Gasteiger partial charge in [0.1, 0.15) is 11.8 Å². The molecule has 1 N–H and O–H groups in total. The number of carbonyl (C=O) groups excluding carboxylic acids is 2. The maximum Gasteiger partial charge on any atom is 0.247 e. The van der Waals surface area contributed by atoms with Crippen molar-refractivity contribution in [3.05, 3.63) is 65.7 Å². The van der Waals surface area contributed by atoms with Gasteiger partial charge in [0.25, 0.3) is 0 Å². The first-order chi connectivity index (χ1) is 14.6. The molecule has 5 heteroatoms. The first kappa shape index (κ1) is 23.5. The van der Waals surface area contributed by atoms with Gasteiger partial charge in [0.15, 0.2) is 0 Å². The zero-order valence-corrected chi connectivity index (χ0v) is 18.4. The van der Waals surface area contributed by atoms with Gasteiger partial charge in [-0.05, 0) is 36.1 Å². The SMILES string of the molecule is CCCCCNC(=O)[C@H](c1ccccc1)N(Cc1ccc(OC)cc1)C(=O)CCC. The molecule has 0 heterocycles. The van der Waals surface area contributed by atoms with E-state index in [-0.39, 0.29) is 11.8 Å². The number of nitrogens with one attached hydrogen (secondary N) is 1. The van der Waals surface area contributed by atoms with Crippen molar-refractivity contribution >= 4 is 11.8 Å². The average molecular weight is 411 g/mol. The molecule has 0 saturated carbocycles. The fourth-order valence-electron chi connectivity index (χ4n) is 3.40. The number of benzene rings is 2. The molecule has 5 nitrogen and oxygen atoms in total. The third kappa shape index (κ3) is 6.90. The Morgan fingerprint density at radius 3 is 2.27 bits per heavy atom. The van der Waals surface area contributed by atoms with E-state index in [2.05, 4.69) is 12.2 Å². The molecule has 0 aliphatic carbocycles. The van der Waals surface area contributed by atoms with Gasteiger partial charge in [-0.15, -0.1) is 0 Å². The Morgan fingerprint density at radius 1 is 0.967 bits per heavy atom. The van der Waals surface area contributed by atoms with Gasteiger partial charge < -0.3 is 15.0 Å². The summed E-state index contributed by atoms with van der Waals surface area (Å²) in [4.78, 5) is 28.0. The Kier molecular flexibility index (Phi) is 9.92. The molecule has 0 unspecified atom stereocenters. The summed E-state index contributed by atoms with van der Waals surface area (Å²) in [6.07, 6.45) is 4.24. The van der Waals surface area contributed by atoms with Crippen LogP contribution in [-0.4, -0.2) is 30.4 Å². The van der Waals surface area contributed by atoms with Crippen LogP contribution in [0.5, 0.6) is 5.75 Å². The van der Waals surface area contributed by atoms with E-state index in [9.17, 15) is 9.59 Å². The van der Waals surface area contributed by atoms with Gasteiger partial charge in [-0.1, -0.05) is 69.2 Å². The standard InChI is InChI=1S/C25H34N2O3/c1-4-6-10-18-26-25(29)24(21-12-8-7-9-13-21)27(23(28)11-5-2)19-20-14-16-22(30-3)17-15-20/h7-9,12-17,24H,4-6,10-11,18-19H2,1-3H3,(H,26,29)/t24-/m0/s1. The second kappa shape index (κ2) is 12.7. The molecular weight excluding hydrogens is 376 g/mol. The number of hydrogen-bond acceptors (Lipinski definition) is 3. The van der Waals surface area contributed by atoms with E-state index in [1.165, 1.54) is 0 Å². The Balaban J connectivity index is 2.32. The molecule has 2 aromatic carbocycles. The van der Waals surface area contributed by atoms with Gasteiger partial charge in [-0.2, -0.15) is 0 Å². The van der Waals surface area contributed by atoms with E-state index < -0.39 is 6.04 Å². The monoisotopic (exact) mass is 410 g/mol. The molecule has 0 fully saturated rings. The van der Waals surface area contributed by atoms with Crippen molar-refractivity contribution in [2.45, 2.75) is 58.5 Å². The lowest BCUT2D eigenvalue weighted by molar-refractivity contribution is -0.141. The number of ether oxygens (including phenoxy) is 1. The highest BCUT2D eigenvalue weighted by atomic mass is 16.5. The molecule has 2 rings (SSSR count). The molecule has 0 spiro atoms. The van der Waals surface area contributed by atoms with Crippen molar-refractivity contribution in [1.82, 2.24) is 10.2 Å². The van der Waals surface area contributed by atoms with Crippen molar-refractivity contribution < 1.29 is 14.3 Å². The van der Waals surface area contributed by atoms with E-state index in [0.29, 0.717) is 19.5 Å². The number of nitrogens with zero attached hydrogens (tertiary/aromatic N) is 1. The van der Waals surface area contributed by atoms with Crippen LogP contribution in [0.3, 0.4) is 0 Å². The molecule has 0 radical (unpaired) electrons. The van der Waals surface area contributed by atoms with Crippen LogP contribution >= 0.6 is 0 Å². The lowest BCUT2D eigenvalue weighted by Gasteiger charge is -2.31. The van der Waals surface area contributed by atoms with E-state index in [4.69, 9.17) is 4.74 Å². The van der Waals surface area contributed by atoms with Gasteiger partial charge in [-0.3, -0.25) is 9.59 Å². The summed E-state index contributed by atoms with van der Waals surface area (Å²) in [7, 11) is 1.63. The minimum atomic E-state index is -0.658. The van der Waals surface area contributed by atoms with Crippen molar-refractivity contribution in [2.24, 2.45) is 0 Å². The van der Waals surface area contributed by atoms with Gasteiger partial charge in [0, 0.05) is 19.5 Å². The number of rotatable bonds is 12. The second-order valence-electron chi connectivity index (χ2n) is 7.43. The van der Waals surface area contributed by atoms with Crippen LogP contribution in [0.2, 0.25) is 0 Å². The van der Waals surface area contributed by atoms with Crippen LogP contribution in [0.15, 0.2) is 54.6 Å². The van der Waals surface area contributed by atoms with Crippen molar-refractivity contribution in [2.75, 3.05) is 13.7 Å². The lowest BCUT2D eigenvalue weighted by Crippen LogP contribution is -2.43. The van der Waals surface area contributed by atoms with Crippen LogP contribution in [0.1, 0.15) is 63.1 Å². The highest BCUT2D eigenvalue weighted by Crippen LogP contribution is 2.25. The summed E-state index contributed by atoms with van der Waals surface area (Å²) in [6, 6.07) is 16.5. The van der Waals surface area contributed by atoms with E-state index >= 15 is 0 Å². The highest BCUT2D eigenvalue weighted by Gasteiger charge is 2.30. The van der Waals surface area contributed by atoms with Gasteiger partial charge in [0.2, 0.25) is 11.8 Å². The summed E-state index contributed by atoms with van der Waals surface area (Å²) in [5, 5.41) is 3.04. The molecule has 0 bridgehead atoms. The van der Waals surface area contributed by atoms with Crippen molar-refractivity contribution in [1.29, 1.82) is 0 Å². The fourth-order valence-corrected chi connectivity index (χ4v) is 3.40. The largest absolute Gasteiger partial charge is 0.497 e. The smallest absolute Gasteiger partial charge is 0.247 e. The Labute approximate surface area is 180 Å². The summed E-state index contributed by atoms with van der Waals surface area (Å²) < 4.78 is 5.23. The molecule has 0 aromatic heterocycles. The van der Waals surface area contributed by atoms with E-state index in [1.54, 1.807) is 12.0 Å². The predicted molar refractivity (Wildman–Crippen MR) is 120 cm³/mol. The first-order valence-electron chi connectivity index (χ1n) is 10.9. The summed E-state index contributed by atoms with van der Waals surface area (Å²) in [5.41, 5.74) is 1.78. The zero-order valence-electron chi connectivity index (χ0n) is 18.4. The van der Waals surface area contributed by atoms with Crippen molar-refractivity contribution in [3.63, 3.8) is 0 Å². The Bertz CT molecular complexity index is 775. The molecule has 2 aromatic rings. The van der Waals surface area contributed by atoms with Crippen LogP contribution in [0, 0.1) is 0 Å². The molecule has 2 amide bonds. The maximum atomic E-state index is 13.2. The van der Waals surface area contributed by atoms with Crippen LogP contribution in [0.25, 0.3) is 0 Å². The predicted octanol–water partition coefficient (Wildman–Crippen LogP) is 4.87. The van der Waals surface area contributed by atoms with Crippen LogP contribution in [-0.2, 0) is 16.1 Å². The molecule has 0 saturated heterocycles. The summed E-state index contributed by atoms with van der Waals surface area (Å²) in [5.74, 6) is 0.611. The lowest BCUT2D eigenvalue weighted by atomic mass is 10.0.